The zero-order chi connectivity index (χ0) is 12.3. The molecule has 0 amide bonds. The van der Waals surface area contributed by atoms with Crippen molar-refractivity contribution in [3.05, 3.63) is 40.5 Å². The summed E-state index contributed by atoms with van der Waals surface area (Å²) in [6.07, 6.45) is 4.78. The molecule has 0 radical (unpaired) electrons. The minimum absolute atomic E-state index is 0.675. The fraction of sp³-hybridized carbons (Fsp3) is 0.500. The first-order valence-corrected chi connectivity index (χ1v) is 6.71. The quantitative estimate of drug-likeness (QED) is 0.778. The van der Waals surface area contributed by atoms with Gasteiger partial charge < -0.3 is 5.32 Å². The van der Waals surface area contributed by atoms with Gasteiger partial charge in [0.2, 0.25) is 0 Å². The number of rotatable bonds is 4. The van der Waals surface area contributed by atoms with Crippen molar-refractivity contribution in [1.29, 1.82) is 0 Å². The number of hydrogen-bond acceptors (Lipinski definition) is 1. The molecule has 0 spiro atoms. The first-order valence-electron chi connectivity index (χ1n) is 6.71. The van der Waals surface area contributed by atoms with Crippen molar-refractivity contribution < 1.29 is 0 Å². The van der Waals surface area contributed by atoms with Crippen molar-refractivity contribution in [3.8, 4) is 0 Å². The zero-order valence-electron chi connectivity index (χ0n) is 11.2. The lowest BCUT2D eigenvalue weighted by Crippen LogP contribution is -2.23. The van der Waals surface area contributed by atoms with Gasteiger partial charge in [-0.2, -0.15) is 0 Å². The molecule has 1 unspecified atom stereocenters. The van der Waals surface area contributed by atoms with Gasteiger partial charge in [0.25, 0.3) is 0 Å². The van der Waals surface area contributed by atoms with Crippen LogP contribution in [-0.4, -0.2) is 13.1 Å². The van der Waals surface area contributed by atoms with E-state index in [4.69, 9.17) is 0 Å². The fourth-order valence-electron chi connectivity index (χ4n) is 2.49. The molecule has 0 aliphatic heterocycles. The van der Waals surface area contributed by atoms with Crippen molar-refractivity contribution in [1.82, 2.24) is 5.32 Å². The predicted octanol–water partition coefficient (Wildman–Crippen LogP) is 3.57. The third-order valence-corrected chi connectivity index (χ3v) is 3.55. The lowest BCUT2D eigenvalue weighted by molar-refractivity contribution is 0.611. The standard InChI is InChI=1S/C16H23N/c1-4-7-17-11-16-10-14-6-5-12(2)8-15(14)9-13(16)3/h5-6,8,10,13,17H,4,7,9,11H2,1-3H3. The maximum atomic E-state index is 3.51. The molecule has 1 atom stereocenters. The summed E-state index contributed by atoms with van der Waals surface area (Å²) in [4.78, 5) is 0. The van der Waals surface area contributed by atoms with Crippen molar-refractivity contribution in [3.63, 3.8) is 0 Å². The molecular weight excluding hydrogens is 206 g/mol. The van der Waals surface area contributed by atoms with E-state index < -0.39 is 0 Å². The molecule has 17 heavy (non-hydrogen) atoms. The second-order valence-corrected chi connectivity index (χ2v) is 5.20. The van der Waals surface area contributed by atoms with Crippen LogP contribution in [-0.2, 0) is 6.42 Å². The van der Waals surface area contributed by atoms with Crippen LogP contribution in [0.15, 0.2) is 23.8 Å². The summed E-state index contributed by atoms with van der Waals surface area (Å²) >= 11 is 0. The molecule has 1 nitrogen and oxygen atoms in total. The van der Waals surface area contributed by atoms with Gasteiger partial charge in [0.1, 0.15) is 0 Å². The van der Waals surface area contributed by atoms with Gasteiger partial charge in [-0.15, -0.1) is 0 Å². The van der Waals surface area contributed by atoms with Gasteiger partial charge in [-0.05, 0) is 43.4 Å². The summed E-state index contributed by atoms with van der Waals surface area (Å²) in [5.74, 6) is 0.675. The highest BCUT2D eigenvalue weighted by Gasteiger charge is 2.16. The summed E-state index contributed by atoms with van der Waals surface area (Å²) in [6, 6.07) is 6.80. The molecule has 1 aliphatic carbocycles. The second kappa shape index (κ2) is 5.50. The summed E-state index contributed by atoms with van der Waals surface area (Å²) < 4.78 is 0. The summed E-state index contributed by atoms with van der Waals surface area (Å²) in [6.45, 7) is 8.88. The molecule has 0 fully saturated rings. The Bertz CT molecular complexity index is 418. The second-order valence-electron chi connectivity index (χ2n) is 5.20. The Labute approximate surface area is 105 Å². The largest absolute Gasteiger partial charge is 0.313 e. The van der Waals surface area contributed by atoms with Crippen LogP contribution in [0.2, 0.25) is 0 Å². The molecule has 0 heterocycles. The first kappa shape index (κ1) is 12.4. The number of fused-ring (bicyclic) bond motifs is 1. The van der Waals surface area contributed by atoms with E-state index in [1.54, 1.807) is 5.57 Å². The Morgan fingerprint density at radius 3 is 2.94 bits per heavy atom. The highest BCUT2D eigenvalue weighted by molar-refractivity contribution is 5.61. The molecule has 0 saturated heterocycles. The molecule has 92 valence electrons. The van der Waals surface area contributed by atoms with Crippen LogP contribution in [0.1, 0.15) is 37.0 Å². The highest BCUT2D eigenvalue weighted by atomic mass is 14.8. The van der Waals surface area contributed by atoms with Gasteiger partial charge in [0.05, 0.1) is 0 Å². The van der Waals surface area contributed by atoms with E-state index in [0.717, 1.165) is 13.1 Å². The average molecular weight is 229 g/mol. The van der Waals surface area contributed by atoms with Crippen LogP contribution in [0.5, 0.6) is 0 Å². The van der Waals surface area contributed by atoms with E-state index in [1.165, 1.54) is 29.5 Å². The molecule has 0 aromatic heterocycles. The Kier molecular flexibility index (Phi) is 4.01. The lowest BCUT2D eigenvalue weighted by Gasteiger charge is -2.23. The molecule has 1 aliphatic rings. The summed E-state index contributed by atoms with van der Waals surface area (Å²) in [5, 5.41) is 3.51. The average Bonchev–Trinajstić information content (AvgIpc) is 2.30. The van der Waals surface area contributed by atoms with E-state index in [0.29, 0.717) is 5.92 Å². The van der Waals surface area contributed by atoms with Crippen LogP contribution >= 0.6 is 0 Å². The van der Waals surface area contributed by atoms with Crippen LogP contribution in [0, 0.1) is 12.8 Å². The zero-order valence-corrected chi connectivity index (χ0v) is 11.2. The van der Waals surface area contributed by atoms with E-state index in [1.807, 2.05) is 0 Å². The van der Waals surface area contributed by atoms with Crippen LogP contribution in [0.25, 0.3) is 6.08 Å². The Balaban J connectivity index is 2.15. The van der Waals surface area contributed by atoms with Gasteiger partial charge in [-0.1, -0.05) is 49.3 Å². The van der Waals surface area contributed by atoms with Gasteiger partial charge in [-0.25, -0.2) is 0 Å². The van der Waals surface area contributed by atoms with E-state index in [9.17, 15) is 0 Å². The third-order valence-electron chi connectivity index (χ3n) is 3.55. The number of benzene rings is 1. The van der Waals surface area contributed by atoms with Gasteiger partial charge in [0.15, 0.2) is 0 Å². The van der Waals surface area contributed by atoms with E-state index >= 15 is 0 Å². The highest BCUT2D eigenvalue weighted by Crippen LogP contribution is 2.28. The maximum absolute atomic E-state index is 3.51. The molecule has 0 saturated carbocycles. The molecule has 1 aromatic rings. The van der Waals surface area contributed by atoms with Crippen molar-refractivity contribution in [2.45, 2.75) is 33.6 Å². The maximum Gasteiger partial charge on any atom is 0.0170 e. The van der Waals surface area contributed by atoms with Gasteiger partial charge in [-0.3, -0.25) is 0 Å². The Morgan fingerprint density at radius 2 is 2.18 bits per heavy atom. The third kappa shape index (κ3) is 2.98. The van der Waals surface area contributed by atoms with Crippen LogP contribution in [0.3, 0.4) is 0 Å². The van der Waals surface area contributed by atoms with E-state index in [2.05, 4.69) is 50.4 Å². The molecular formula is C16H23N. The Morgan fingerprint density at radius 1 is 1.35 bits per heavy atom. The molecule has 1 N–H and O–H groups in total. The van der Waals surface area contributed by atoms with E-state index in [-0.39, 0.29) is 0 Å². The molecule has 1 heteroatoms. The topological polar surface area (TPSA) is 12.0 Å². The number of aryl methyl sites for hydroxylation is 1. The minimum Gasteiger partial charge on any atom is -0.313 e. The summed E-state index contributed by atoms with van der Waals surface area (Å²) in [5.41, 5.74) is 5.85. The Hall–Kier alpha value is -1.08. The first-order chi connectivity index (χ1) is 8.20. The molecule has 2 rings (SSSR count). The van der Waals surface area contributed by atoms with Gasteiger partial charge in [0, 0.05) is 6.54 Å². The van der Waals surface area contributed by atoms with Crippen molar-refractivity contribution >= 4 is 6.08 Å². The fourth-order valence-corrected chi connectivity index (χ4v) is 2.49. The normalized spacial score (nSPS) is 18.8. The minimum atomic E-state index is 0.675. The molecule has 0 bridgehead atoms. The van der Waals surface area contributed by atoms with Crippen LogP contribution in [0.4, 0.5) is 0 Å². The monoisotopic (exact) mass is 229 g/mol. The number of nitrogens with one attached hydrogen (secondary N) is 1. The molecule has 1 aromatic carbocycles. The van der Waals surface area contributed by atoms with Crippen molar-refractivity contribution in [2.24, 2.45) is 5.92 Å². The SMILES string of the molecule is CCCNCC1=Cc2ccc(C)cc2CC1C. The lowest BCUT2D eigenvalue weighted by atomic mass is 9.84. The predicted molar refractivity (Wildman–Crippen MR) is 75.2 cm³/mol. The smallest absolute Gasteiger partial charge is 0.0170 e. The van der Waals surface area contributed by atoms with Gasteiger partial charge >= 0.3 is 0 Å². The van der Waals surface area contributed by atoms with Crippen LogP contribution < -0.4 is 5.32 Å². The van der Waals surface area contributed by atoms with Crippen molar-refractivity contribution in [2.75, 3.05) is 13.1 Å². The summed E-state index contributed by atoms with van der Waals surface area (Å²) in [7, 11) is 0. The number of hydrogen-bond donors (Lipinski definition) is 1.